The zero-order valence-electron chi connectivity index (χ0n) is 19.0. The first-order valence-electron chi connectivity index (χ1n) is 11.8. The van der Waals surface area contributed by atoms with Gasteiger partial charge in [0.1, 0.15) is 5.76 Å². The number of hydrogen-bond donors (Lipinski definition) is 3. The first-order chi connectivity index (χ1) is 15.7. The summed E-state index contributed by atoms with van der Waals surface area (Å²) in [5, 5.41) is 9.93. The third kappa shape index (κ3) is 5.91. The summed E-state index contributed by atoms with van der Waals surface area (Å²) in [5.74, 6) is 2.05. The quantitative estimate of drug-likeness (QED) is 0.431. The van der Waals surface area contributed by atoms with Crippen molar-refractivity contribution in [1.29, 1.82) is 0 Å². The van der Waals surface area contributed by atoms with E-state index < -0.39 is 0 Å². The maximum Gasteiger partial charge on any atom is 0.227 e. The Kier molecular flexibility index (Phi) is 7.82. The van der Waals surface area contributed by atoms with Gasteiger partial charge < -0.3 is 20.4 Å². The molecule has 3 N–H and O–H groups in total. The molecule has 2 heterocycles. The number of benzene rings is 1. The maximum absolute atomic E-state index is 12.4. The van der Waals surface area contributed by atoms with E-state index in [0.29, 0.717) is 6.54 Å². The van der Waals surface area contributed by atoms with Crippen LogP contribution in [0, 0.1) is 5.92 Å². The van der Waals surface area contributed by atoms with E-state index in [2.05, 4.69) is 31.9 Å². The zero-order valence-corrected chi connectivity index (χ0v) is 19.0. The lowest BCUT2D eigenvalue weighted by Crippen LogP contribution is -2.42. The van der Waals surface area contributed by atoms with Crippen LogP contribution in [0.4, 0.5) is 5.69 Å². The van der Waals surface area contributed by atoms with Gasteiger partial charge in [-0.05, 0) is 68.6 Å². The Morgan fingerprint density at radius 1 is 1.12 bits per heavy atom. The van der Waals surface area contributed by atoms with Crippen molar-refractivity contribution in [3.8, 4) is 0 Å². The highest BCUT2D eigenvalue weighted by Gasteiger charge is 2.26. The van der Waals surface area contributed by atoms with Crippen LogP contribution in [0.25, 0.3) is 0 Å². The molecule has 2 aliphatic rings. The van der Waals surface area contributed by atoms with Crippen LogP contribution < -0.4 is 16.0 Å². The average molecular weight is 438 g/mol. The molecule has 1 aromatic heterocycles. The Labute approximate surface area is 190 Å². The summed E-state index contributed by atoms with van der Waals surface area (Å²) in [7, 11) is 1.78. The van der Waals surface area contributed by atoms with Gasteiger partial charge >= 0.3 is 0 Å². The molecule has 0 spiro atoms. The highest BCUT2D eigenvalue weighted by molar-refractivity contribution is 5.92. The van der Waals surface area contributed by atoms with Crippen molar-refractivity contribution in [2.75, 3.05) is 32.0 Å². The molecule has 2 aromatic rings. The summed E-state index contributed by atoms with van der Waals surface area (Å²) >= 11 is 0. The number of amides is 1. The van der Waals surface area contributed by atoms with E-state index in [1.165, 1.54) is 12.8 Å². The van der Waals surface area contributed by atoms with Crippen molar-refractivity contribution in [3.05, 3.63) is 54.0 Å². The van der Waals surface area contributed by atoms with Crippen molar-refractivity contribution in [3.63, 3.8) is 0 Å². The van der Waals surface area contributed by atoms with E-state index in [-0.39, 0.29) is 17.9 Å². The van der Waals surface area contributed by atoms with Crippen LogP contribution >= 0.6 is 0 Å². The topological polar surface area (TPSA) is 81.9 Å². The van der Waals surface area contributed by atoms with Crippen LogP contribution in [0.3, 0.4) is 0 Å². The molecule has 0 radical (unpaired) electrons. The number of carbonyl (C=O) groups is 1. The Morgan fingerprint density at radius 2 is 1.94 bits per heavy atom. The lowest BCUT2D eigenvalue weighted by atomic mass is 10.1. The number of guanidine groups is 1. The summed E-state index contributed by atoms with van der Waals surface area (Å²) in [4.78, 5) is 19.3. The second-order valence-electron chi connectivity index (χ2n) is 8.75. The first-order valence-corrected chi connectivity index (χ1v) is 11.8. The smallest absolute Gasteiger partial charge is 0.227 e. The molecule has 4 rings (SSSR count). The van der Waals surface area contributed by atoms with Crippen molar-refractivity contribution < 1.29 is 9.21 Å². The lowest BCUT2D eigenvalue weighted by molar-refractivity contribution is -0.119. The summed E-state index contributed by atoms with van der Waals surface area (Å²) in [5.41, 5.74) is 1.95. The molecular formula is C25H35N5O2. The number of furan rings is 1. The van der Waals surface area contributed by atoms with Crippen molar-refractivity contribution in [2.24, 2.45) is 10.9 Å². The third-order valence-corrected chi connectivity index (χ3v) is 6.52. The Morgan fingerprint density at radius 3 is 2.66 bits per heavy atom. The largest absolute Gasteiger partial charge is 0.468 e. The summed E-state index contributed by atoms with van der Waals surface area (Å²) in [6.07, 6.45) is 8.54. The van der Waals surface area contributed by atoms with E-state index >= 15 is 0 Å². The van der Waals surface area contributed by atoms with Crippen LogP contribution in [0.5, 0.6) is 0 Å². The predicted octanol–water partition coefficient (Wildman–Crippen LogP) is 3.91. The fourth-order valence-corrected chi connectivity index (χ4v) is 4.73. The molecule has 172 valence electrons. The summed E-state index contributed by atoms with van der Waals surface area (Å²) in [6, 6.07) is 12.2. The zero-order chi connectivity index (χ0) is 22.2. The fourth-order valence-electron chi connectivity index (χ4n) is 4.73. The molecule has 7 nitrogen and oxygen atoms in total. The van der Waals surface area contributed by atoms with E-state index in [4.69, 9.17) is 4.42 Å². The van der Waals surface area contributed by atoms with Crippen LogP contribution in [-0.4, -0.2) is 43.4 Å². The molecule has 7 heteroatoms. The summed E-state index contributed by atoms with van der Waals surface area (Å²) < 4.78 is 5.71. The second-order valence-corrected chi connectivity index (χ2v) is 8.75. The molecule has 1 saturated heterocycles. The van der Waals surface area contributed by atoms with Crippen LogP contribution in [0.1, 0.15) is 55.9 Å². The minimum atomic E-state index is 0.149. The molecule has 1 aromatic carbocycles. The third-order valence-electron chi connectivity index (χ3n) is 6.52. The number of hydrogen-bond acceptors (Lipinski definition) is 4. The number of rotatable bonds is 8. The number of nitrogens with zero attached hydrogens (tertiary/aromatic N) is 2. The normalized spacial score (nSPS) is 18.6. The number of likely N-dealkylation sites (tertiary alicyclic amines) is 1. The van der Waals surface area contributed by atoms with Crippen molar-refractivity contribution in [1.82, 2.24) is 15.5 Å². The Hall–Kier alpha value is -2.80. The number of carbonyl (C=O) groups excluding carboxylic acids is 1. The maximum atomic E-state index is 12.4. The number of anilines is 1. The highest BCUT2D eigenvalue weighted by Crippen LogP contribution is 2.26. The van der Waals surface area contributed by atoms with Gasteiger partial charge in [-0.1, -0.05) is 25.0 Å². The van der Waals surface area contributed by atoms with Gasteiger partial charge in [-0.3, -0.25) is 14.7 Å². The number of aliphatic imine (C=N–C) groups is 1. The molecule has 1 atom stereocenters. The van der Waals surface area contributed by atoms with Gasteiger partial charge in [0.25, 0.3) is 0 Å². The SMILES string of the molecule is CN=C(NCc1cccc(NC(=O)C2CCCC2)c1)NCC(c1ccco1)N1CCCC1. The van der Waals surface area contributed by atoms with Crippen molar-refractivity contribution in [2.45, 2.75) is 51.1 Å². The minimum Gasteiger partial charge on any atom is -0.468 e. The molecule has 0 bridgehead atoms. The van der Waals surface area contributed by atoms with Crippen LogP contribution in [0.2, 0.25) is 0 Å². The van der Waals surface area contributed by atoms with Gasteiger partial charge in [-0.2, -0.15) is 0 Å². The molecule has 1 aliphatic heterocycles. The molecule has 1 saturated carbocycles. The van der Waals surface area contributed by atoms with Gasteiger partial charge in [-0.25, -0.2) is 0 Å². The fraction of sp³-hybridized carbons (Fsp3) is 0.520. The van der Waals surface area contributed by atoms with E-state index in [1.807, 2.05) is 30.3 Å². The molecular weight excluding hydrogens is 402 g/mol. The minimum absolute atomic E-state index is 0.149. The lowest BCUT2D eigenvalue weighted by Gasteiger charge is -2.26. The number of nitrogens with one attached hydrogen (secondary N) is 3. The molecule has 1 aliphatic carbocycles. The Bertz CT molecular complexity index is 883. The van der Waals surface area contributed by atoms with Gasteiger partial charge in [0, 0.05) is 31.7 Å². The molecule has 2 fully saturated rings. The van der Waals surface area contributed by atoms with Crippen molar-refractivity contribution >= 4 is 17.6 Å². The van der Waals surface area contributed by atoms with Crippen LogP contribution in [-0.2, 0) is 11.3 Å². The van der Waals surface area contributed by atoms with Gasteiger partial charge in [0.15, 0.2) is 5.96 Å². The van der Waals surface area contributed by atoms with E-state index in [0.717, 1.165) is 68.3 Å². The standard InChI is InChI=1S/C25H35N5O2/c1-26-25(28-18-22(23-12-7-15-32-23)30-13-4-5-14-30)27-17-19-8-6-11-21(16-19)29-24(31)20-9-2-3-10-20/h6-8,11-12,15-16,20,22H,2-5,9-10,13-14,17-18H2,1H3,(H,29,31)(H2,26,27,28). The van der Waals surface area contributed by atoms with E-state index in [9.17, 15) is 4.79 Å². The van der Waals surface area contributed by atoms with Gasteiger partial charge in [0.05, 0.1) is 12.3 Å². The molecule has 1 amide bonds. The highest BCUT2D eigenvalue weighted by atomic mass is 16.3. The predicted molar refractivity (Wildman–Crippen MR) is 127 cm³/mol. The monoisotopic (exact) mass is 437 g/mol. The Balaban J connectivity index is 1.30. The molecule has 32 heavy (non-hydrogen) atoms. The summed E-state index contributed by atoms with van der Waals surface area (Å²) in [6.45, 7) is 3.55. The molecule has 1 unspecified atom stereocenters. The second kappa shape index (κ2) is 11.2. The first kappa shape index (κ1) is 22.4. The van der Waals surface area contributed by atoms with Gasteiger partial charge in [0.2, 0.25) is 5.91 Å². The average Bonchev–Trinajstić information content (AvgIpc) is 3.59. The van der Waals surface area contributed by atoms with Crippen LogP contribution in [0.15, 0.2) is 52.1 Å². The van der Waals surface area contributed by atoms with Gasteiger partial charge in [-0.15, -0.1) is 0 Å². The van der Waals surface area contributed by atoms with E-state index in [1.54, 1.807) is 13.3 Å².